The lowest BCUT2D eigenvalue weighted by Gasteiger charge is -2.33. The lowest BCUT2D eigenvalue weighted by Crippen LogP contribution is -2.34. The predicted octanol–water partition coefficient (Wildman–Crippen LogP) is 1.81. The Morgan fingerprint density at radius 2 is 2.14 bits per heavy atom. The number of likely N-dealkylation sites (tertiary alicyclic amines) is 1. The van der Waals surface area contributed by atoms with Gasteiger partial charge in [0.25, 0.3) is 0 Å². The Morgan fingerprint density at radius 3 is 2.81 bits per heavy atom. The first kappa shape index (κ1) is 13.8. The van der Waals surface area contributed by atoms with Gasteiger partial charge in [0.15, 0.2) is 0 Å². The minimum absolute atomic E-state index is 0.271. The summed E-state index contributed by atoms with van der Waals surface area (Å²) in [6, 6.07) is 5.67. The van der Waals surface area contributed by atoms with Crippen LogP contribution in [0.25, 0.3) is 0 Å². The Bertz CT molecular complexity index is 603. The van der Waals surface area contributed by atoms with Crippen LogP contribution in [0.15, 0.2) is 36.9 Å². The third-order valence-electron chi connectivity index (χ3n) is 3.98. The van der Waals surface area contributed by atoms with Gasteiger partial charge in [-0.25, -0.2) is 14.8 Å². The van der Waals surface area contributed by atoms with E-state index < -0.39 is 5.97 Å². The van der Waals surface area contributed by atoms with Gasteiger partial charge in [-0.2, -0.15) is 0 Å². The average Bonchev–Trinajstić information content (AvgIpc) is 2.99. The first-order valence-electron chi connectivity index (χ1n) is 7.11. The fraction of sp³-hybridized carbons (Fsp3) is 0.400. The van der Waals surface area contributed by atoms with Crippen LogP contribution in [0.3, 0.4) is 0 Å². The van der Waals surface area contributed by atoms with Crippen molar-refractivity contribution in [1.29, 1.82) is 0 Å². The molecule has 0 saturated carbocycles. The fourth-order valence-corrected chi connectivity index (χ4v) is 2.89. The van der Waals surface area contributed by atoms with Gasteiger partial charge in [0, 0.05) is 38.1 Å². The van der Waals surface area contributed by atoms with Gasteiger partial charge in [-0.05, 0) is 31.0 Å². The van der Waals surface area contributed by atoms with Crippen LogP contribution in [0.4, 0.5) is 0 Å². The van der Waals surface area contributed by atoms with Gasteiger partial charge in [0.2, 0.25) is 0 Å². The molecule has 0 unspecified atom stereocenters. The number of hydrogen-bond donors (Lipinski definition) is 1. The van der Waals surface area contributed by atoms with E-state index in [4.69, 9.17) is 0 Å². The monoisotopic (exact) mass is 286 g/mol. The summed E-state index contributed by atoms with van der Waals surface area (Å²) in [4.78, 5) is 21.7. The summed E-state index contributed by atoms with van der Waals surface area (Å²) in [6.07, 6.45) is 7.11. The fourth-order valence-electron chi connectivity index (χ4n) is 2.89. The number of nitrogens with zero attached hydrogens (tertiary/aromatic N) is 4. The number of hydrogen-bond acceptors (Lipinski definition) is 4. The van der Waals surface area contributed by atoms with Gasteiger partial charge in [-0.15, -0.1) is 0 Å². The predicted molar refractivity (Wildman–Crippen MR) is 77.0 cm³/mol. The van der Waals surface area contributed by atoms with Crippen LogP contribution in [0, 0.1) is 0 Å². The first-order valence-corrected chi connectivity index (χ1v) is 7.11. The van der Waals surface area contributed by atoms with Crippen molar-refractivity contribution >= 4 is 5.97 Å². The minimum Gasteiger partial charge on any atom is -0.477 e. The molecule has 0 aromatic carbocycles. The van der Waals surface area contributed by atoms with E-state index in [1.54, 1.807) is 24.7 Å². The van der Waals surface area contributed by atoms with Crippen molar-refractivity contribution in [2.24, 2.45) is 0 Å². The summed E-state index contributed by atoms with van der Waals surface area (Å²) >= 11 is 0. The summed E-state index contributed by atoms with van der Waals surface area (Å²) in [5.74, 6) is -0.858. The summed E-state index contributed by atoms with van der Waals surface area (Å²) in [5.41, 5.74) is 1.40. The SMILES string of the molecule is O=C(O)c1cccn1C1CCN(Cc2ccncn2)CC1. The van der Waals surface area contributed by atoms with Crippen LogP contribution in [-0.2, 0) is 6.54 Å². The lowest BCUT2D eigenvalue weighted by molar-refractivity contribution is 0.0678. The molecular formula is C15H18N4O2. The van der Waals surface area contributed by atoms with E-state index in [2.05, 4.69) is 14.9 Å². The number of aromatic nitrogens is 3. The molecule has 3 rings (SSSR count). The molecule has 0 bridgehead atoms. The molecule has 3 heterocycles. The highest BCUT2D eigenvalue weighted by Gasteiger charge is 2.23. The van der Waals surface area contributed by atoms with E-state index in [1.165, 1.54) is 0 Å². The maximum Gasteiger partial charge on any atom is 0.352 e. The zero-order valence-electron chi connectivity index (χ0n) is 11.7. The van der Waals surface area contributed by atoms with E-state index in [1.807, 2.05) is 16.8 Å². The van der Waals surface area contributed by atoms with Crippen LogP contribution in [0.2, 0.25) is 0 Å². The van der Waals surface area contributed by atoms with Crippen molar-refractivity contribution in [3.05, 3.63) is 48.3 Å². The number of carboxylic acids is 1. The Kier molecular flexibility index (Phi) is 3.96. The number of piperidine rings is 1. The van der Waals surface area contributed by atoms with Crippen molar-refractivity contribution < 1.29 is 9.90 Å². The zero-order valence-corrected chi connectivity index (χ0v) is 11.7. The Morgan fingerprint density at radius 1 is 1.33 bits per heavy atom. The molecule has 1 aliphatic heterocycles. The van der Waals surface area contributed by atoms with Crippen LogP contribution < -0.4 is 0 Å². The molecule has 0 amide bonds. The topological polar surface area (TPSA) is 71.2 Å². The molecule has 1 N–H and O–H groups in total. The van der Waals surface area contributed by atoms with Crippen molar-refractivity contribution in [2.45, 2.75) is 25.4 Å². The molecule has 21 heavy (non-hydrogen) atoms. The normalized spacial score (nSPS) is 17.0. The number of carboxylic acid groups (broad SMARTS) is 1. The van der Waals surface area contributed by atoms with Gasteiger partial charge in [-0.3, -0.25) is 4.90 Å². The Balaban J connectivity index is 1.60. The molecule has 6 nitrogen and oxygen atoms in total. The number of aromatic carboxylic acids is 1. The maximum absolute atomic E-state index is 11.2. The van der Waals surface area contributed by atoms with E-state index in [0.717, 1.165) is 38.2 Å². The molecule has 0 aliphatic carbocycles. The minimum atomic E-state index is -0.858. The second kappa shape index (κ2) is 6.05. The first-order chi connectivity index (χ1) is 10.2. The molecule has 1 saturated heterocycles. The van der Waals surface area contributed by atoms with Gasteiger partial charge in [0.1, 0.15) is 12.0 Å². The third-order valence-corrected chi connectivity index (χ3v) is 3.98. The zero-order chi connectivity index (χ0) is 14.7. The largest absolute Gasteiger partial charge is 0.477 e. The summed E-state index contributed by atoms with van der Waals surface area (Å²) in [5, 5.41) is 9.19. The second-order valence-corrected chi connectivity index (χ2v) is 5.31. The quantitative estimate of drug-likeness (QED) is 0.928. The Labute approximate surface area is 123 Å². The number of carbonyl (C=O) groups is 1. The van der Waals surface area contributed by atoms with Gasteiger partial charge < -0.3 is 9.67 Å². The average molecular weight is 286 g/mol. The molecule has 1 aliphatic rings. The third kappa shape index (κ3) is 3.11. The van der Waals surface area contributed by atoms with Crippen LogP contribution >= 0.6 is 0 Å². The molecule has 0 radical (unpaired) electrons. The number of rotatable bonds is 4. The van der Waals surface area contributed by atoms with Crippen molar-refractivity contribution in [1.82, 2.24) is 19.4 Å². The second-order valence-electron chi connectivity index (χ2n) is 5.31. The summed E-state index contributed by atoms with van der Waals surface area (Å²) in [7, 11) is 0. The molecular weight excluding hydrogens is 268 g/mol. The van der Waals surface area contributed by atoms with E-state index in [9.17, 15) is 9.90 Å². The van der Waals surface area contributed by atoms with E-state index >= 15 is 0 Å². The molecule has 1 fully saturated rings. The van der Waals surface area contributed by atoms with Crippen LogP contribution in [0.1, 0.15) is 35.1 Å². The van der Waals surface area contributed by atoms with Gasteiger partial charge in [-0.1, -0.05) is 0 Å². The summed E-state index contributed by atoms with van der Waals surface area (Å²) in [6.45, 7) is 2.73. The molecule has 6 heteroatoms. The molecule has 0 atom stereocenters. The van der Waals surface area contributed by atoms with Crippen molar-refractivity contribution in [2.75, 3.05) is 13.1 Å². The highest BCUT2D eigenvalue weighted by Crippen LogP contribution is 2.25. The van der Waals surface area contributed by atoms with Gasteiger partial charge >= 0.3 is 5.97 Å². The van der Waals surface area contributed by atoms with Crippen LogP contribution in [-0.4, -0.2) is 43.6 Å². The lowest BCUT2D eigenvalue weighted by atomic mass is 10.0. The van der Waals surface area contributed by atoms with E-state index in [0.29, 0.717) is 5.69 Å². The molecule has 110 valence electrons. The summed E-state index contributed by atoms with van der Waals surface area (Å²) < 4.78 is 1.89. The Hall–Kier alpha value is -2.21. The molecule has 2 aromatic rings. The molecule has 0 spiro atoms. The smallest absolute Gasteiger partial charge is 0.352 e. The highest BCUT2D eigenvalue weighted by molar-refractivity contribution is 5.85. The van der Waals surface area contributed by atoms with Gasteiger partial charge in [0.05, 0.1) is 5.69 Å². The van der Waals surface area contributed by atoms with E-state index in [-0.39, 0.29) is 6.04 Å². The van der Waals surface area contributed by atoms with Crippen LogP contribution in [0.5, 0.6) is 0 Å². The molecule has 2 aromatic heterocycles. The highest BCUT2D eigenvalue weighted by atomic mass is 16.4. The van der Waals surface area contributed by atoms with Crippen molar-refractivity contribution in [3.63, 3.8) is 0 Å². The van der Waals surface area contributed by atoms with Crippen molar-refractivity contribution in [3.8, 4) is 0 Å². The standard InChI is InChI=1S/C15H18N4O2/c20-15(21)14-2-1-7-19(14)13-4-8-18(9-5-13)10-12-3-6-16-11-17-12/h1-3,6-7,11,13H,4-5,8-10H2,(H,20,21). The maximum atomic E-state index is 11.2.